The Morgan fingerprint density at radius 3 is 1.97 bits per heavy atom. The summed E-state index contributed by atoms with van der Waals surface area (Å²) in [6.07, 6.45) is -16.6. The maximum Gasteiger partial charge on any atom is 0.573 e. The minimum atomic E-state index is -5.54. The van der Waals surface area contributed by atoms with Gasteiger partial charge in [-0.15, -0.1) is 39.5 Å². The van der Waals surface area contributed by atoms with Gasteiger partial charge in [-0.1, -0.05) is 13.3 Å². The molecule has 2 unspecified atom stereocenters. The maximum absolute atomic E-state index is 12.8. The molecule has 0 aliphatic heterocycles. The van der Waals surface area contributed by atoms with Gasteiger partial charge in [-0.2, -0.15) is 0 Å². The fourth-order valence-electron chi connectivity index (χ4n) is 2.98. The third kappa shape index (κ3) is 11.2. The van der Waals surface area contributed by atoms with Crippen molar-refractivity contribution in [1.82, 2.24) is 0 Å². The molecular formula is C18H20F9NO5. The van der Waals surface area contributed by atoms with Crippen LogP contribution in [0.1, 0.15) is 31.7 Å². The van der Waals surface area contributed by atoms with Crippen molar-refractivity contribution in [2.75, 3.05) is 6.54 Å². The molecule has 0 radical (unpaired) electrons. The third-order valence-corrected chi connectivity index (χ3v) is 4.25. The Hall–Kier alpha value is -2.58. The molecule has 0 spiro atoms. The quantitative estimate of drug-likeness (QED) is 0.395. The topological polar surface area (TPSA) is 91.0 Å². The molecule has 0 amide bonds. The van der Waals surface area contributed by atoms with Gasteiger partial charge >= 0.3 is 25.1 Å². The number of carboxylic acids is 1. The van der Waals surface area contributed by atoms with Crippen molar-refractivity contribution in [3.05, 3.63) is 17.7 Å². The van der Waals surface area contributed by atoms with Crippen molar-refractivity contribution in [3.63, 3.8) is 0 Å². The van der Waals surface area contributed by atoms with Crippen molar-refractivity contribution in [2.45, 2.75) is 51.7 Å². The second-order valence-corrected chi connectivity index (χ2v) is 7.06. The Kier molecular flexibility index (Phi) is 9.51. The smallest absolute Gasteiger partial charge is 0.481 e. The van der Waals surface area contributed by atoms with Crippen LogP contribution in [0, 0.1) is 11.8 Å². The molecular weight excluding hydrogens is 481 g/mol. The van der Waals surface area contributed by atoms with Crippen LogP contribution in [0.3, 0.4) is 0 Å². The molecule has 2 atom stereocenters. The largest absolute Gasteiger partial charge is 0.573 e. The Bertz CT molecular complexity index is 793. The van der Waals surface area contributed by atoms with Crippen LogP contribution in [-0.4, -0.2) is 36.7 Å². The van der Waals surface area contributed by atoms with Crippen LogP contribution in [0.5, 0.6) is 17.2 Å². The summed E-state index contributed by atoms with van der Waals surface area (Å²) >= 11 is 0. The summed E-state index contributed by atoms with van der Waals surface area (Å²) < 4.78 is 124. The van der Waals surface area contributed by atoms with E-state index >= 15 is 0 Å². The molecule has 0 aromatic heterocycles. The van der Waals surface area contributed by atoms with Gasteiger partial charge < -0.3 is 25.1 Å². The van der Waals surface area contributed by atoms with Gasteiger partial charge in [0, 0.05) is 18.2 Å². The van der Waals surface area contributed by atoms with Gasteiger partial charge in [-0.25, -0.2) is 0 Å². The molecule has 0 aliphatic rings. The second-order valence-electron chi connectivity index (χ2n) is 7.06. The molecule has 15 heteroatoms. The predicted molar refractivity (Wildman–Crippen MR) is 93.4 cm³/mol. The summed E-state index contributed by atoms with van der Waals surface area (Å²) in [7, 11) is 0. The van der Waals surface area contributed by atoms with Crippen LogP contribution in [0.15, 0.2) is 12.1 Å². The average molecular weight is 501 g/mol. The summed E-state index contributed by atoms with van der Waals surface area (Å²) in [5, 5.41) is 9.00. The molecule has 1 aromatic rings. The number of ether oxygens (including phenoxy) is 3. The van der Waals surface area contributed by atoms with Crippen LogP contribution >= 0.6 is 0 Å². The number of halogens is 9. The van der Waals surface area contributed by atoms with E-state index in [0.29, 0.717) is 6.07 Å². The van der Waals surface area contributed by atoms with Crippen molar-refractivity contribution in [3.8, 4) is 17.2 Å². The van der Waals surface area contributed by atoms with Gasteiger partial charge in [0.1, 0.15) is 5.75 Å². The Morgan fingerprint density at radius 1 is 0.970 bits per heavy atom. The van der Waals surface area contributed by atoms with Gasteiger partial charge in [-0.05, 0) is 31.2 Å². The lowest BCUT2D eigenvalue weighted by molar-refractivity contribution is -0.288. The van der Waals surface area contributed by atoms with Gasteiger partial charge in [0.15, 0.2) is 11.5 Å². The number of aryl methyl sites for hydroxylation is 1. The first-order chi connectivity index (χ1) is 14.9. The fraction of sp³-hybridized carbons (Fsp3) is 0.611. The number of aliphatic carboxylic acids is 1. The number of hydrogen-bond donors (Lipinski definition) is 2. The van der Waals surface area contributed by atoms with Gasteiger partial charge in [0.05, 0.1) is 5.92 Å². The molecule has 3 N–H and O–H groups in total. The van der Waals surface area contributed by atoms with Crippen LogP contribution in [0.4, 0.5) is 39.5 Å². The van der Waals surface area contributed by atoms with Crippen molar-refractivity contribution >= 4 is 5.97 Å². The minimum absolute atomic E-state index is 0.0209. The highest BCUT2D eigenvalue weighted by Gasteiger charge is 2.39. The normalized spacial score (nSPS) is 14.5. The molecule has 190 valence electrons. The van der Waals surface area contributed by atoms with E-state index in [1.807, 2.05) is 0 Å². The predicted octanol–water partition coefficient (Wildman–Crippen LogP) is 5.39. The SMILES string of the molecule is CC(CCCc1cc(OC(F)(F)F)cc(OC(F)(F)F)c1OC(F)(F)F)CC(CN)C(=O)O. The number of hydrogen-bond acceptors (Lipinski definition) is 5. The molecule has 6 nitrogen and oxygen atoms in total. The van der Waals surface area contributed by atoms with Gasteiger partial charge in [-0.3, -0.25) is 4.79 Å². The summed E-state index contributed by atoms with van der Waals surface area (Å²) in [6, 6.07) is 0.440. The average Bonchev–Trinajstić information content (AvgIpc) is 2.58. The lowest BCUT2D eigenvalue weighted by Crippen LogP contribution is -2.25. The van der Waals surface area contributed by atoms with E-state index in [1.54, 1.807) is 6.92 Å². The number of alkyl halides is 9. The molecule has 0 heterocycles. The molecule has 0 saturated carbocycles. The number of carboxylic acid groups (broad SMARTS) is 1. The lowest BCUT2D eigenvalue weighted by Gasteiger charge is -2.21. The van der Waals surface area contributed by atoms with Crippen molar-refractivity contribution < 1.29 is 63.6 Å². The second kappa shape index (κ2) is 11.0. The summed E-state index contributed by atoms with van der Waals surface area (Å²) in [6.45, 7) is 1.44. The van der Waals surface area contributed by atoms with E-state index < -0.39 is 60.2 Å². The van der Waals surface area contributed by atoms with Crippen LogP contribution in [0.2, 0.25) is 0 Å². The zero-order valence-corrected chi connectivity index (χ0v) is 16.9. The van der Waals surface area contributed by atoms with E-state index in [4.69, 9.17) is 10.8 Å². The van der Waals surface area contributed by atoms with E-state index in [1.165, 1.54) is 0 Å². The van der Waals surface area contributed by atoms with E-state index in [9.17, 15) is 44.3 Å². The molecule has 0 fully saturated rings. The van der Waals surface area contributed by atoms with Crippen molar-refractivity contribution in [1.29, 1.82) is 0 Å². The minimum Gasteiger partial charge on any atom is -0.481 e. The lowest BCUT2D eigenvalue weighted by atomic mass is 9.91. The van der Waals surface area contributed by atoms with E-state index in [2.05, 4.69) is 14.2 Å². The molecule has 0 aliphatic carbocycles. The van der Waals surface area contributed by atoms with Crippen LogP contribution < -0.4 is 19.9 Å². The zero-order chi connectivity index (χ0) is 25.6. The Labute approximate surface area is 181 Å². The Morgan fingerprint density at radius 2 is 1.52 bits per heavy atom. The molecule has 1 aromatic carbocycles. The summed E-state index contributed by atoms with van der Waals surface area (Å²) in [5.41, 5.74) is 4.65. The van der Waals surface area contributed by atoms with Crippen molar-refractivity contribution in [2.24, 2.45) is 17.6 Å². The highest BCUT2D eigenvalue weighted by Crippen LogP contribution is 2.43. The number of nitrogens with two attached hydrogens (primary N) is 1. The standard InChI is InChI=1S/C18H20F9NO5/c1-9(5-11(8-28)15(29)30)3-2-4-10-6-12(31-16(19,20)21)7-13(32-17(22,23)24)14(10)33-18(25,26)27/h6-7,9,11H,2-5,8,28H2,1H3,(H,29,30). The first-order valence-electron chi connectivity index (χ1n) is 9.27. The zero-order valence-electron chi connectivity index (χ0n) is 16.9. The van der Waals surface area contributed by atoms with E-state index in [0.717, 1.165) is 0 Å². The molecule has 0 saturated heterocycles. The van der Waals surface area contributed by atoms with Gasteiger partial charge in [0.2, 0.25) is 0 Å². The number of benzene rings is 1. The monoisotopic (exact) mass is 501 g/mol. The Balaban J connectivity index is 3.23. The van der Waals surface area contributed by atoms with Crippen LogP contribution in [0.25, 0.3) is 0 Å². The third-order valence-electron chi connectivity index (χ3n) is 4.25. The summed E-state index contributed by atoms with van der Waals surface area (Å²) in [5.74, 6) is -6.74. The van der Waals surface area contributed by atoms with Gasteiger partial charge in [0.25, 0.3) is 0 Å². The van der Waals surface area contributed by atoms with Crippen LogP contribution in [-0.2, 0) is 11.2 Å². The first kappa shape index (κ1) is 28.5. The molecule has 0 bridgehead atoms. The highest BCUT2D eigenvalue weighted by atomic mass is 19.4. The first-order valence-corrected chi connectivity index (χ1v) is 9.27. The number of rotatable bonds is 11. The highest BCUT2D eigenvalue weighted by molar-refractivity contribution is 5.70. The number of carbonyl (C=O) groups is 1. The molecule has 1 rings (SSSR count). The molecule has 33 heavy (non-hydrogen) atoms. The maximum atomic E-state index is 12.8. The van der Waals surface area contributed by atoms with E-state index in [-0.39, 0.29) is 37.8 Å². The summed E-state index contributed by atoms with van der Waals surface area (Å²) in [4.78, 5) is 11.0. The fourth-order valence-corrected chi connectivity index (χ4v) is 2.98.